The molecule has 0 unspecified atom stereocenters. The molecule has 28 heavy (non-hydrogen) atoms. The van der Waals surface area contributed by atoms with Crippen LogP contribution in [0, 0.1) is 11.3 Å². The molecule has 1 atom stereocenters. The normalized spacial score (nSPS) is 16.4. The van der Waals surface area contributed by atoms with Crippen molar-refractivity contribution < 1.29 is 9.53 Å². The fraction of sp³-hybridized carbons (Fsp3) is 0.217. The highest BCUT2D eigenvalue weighted by Gasteiger charge is 2.35. The molecular weight excluding hydrogens is 368 g/mol. The molecule has 1 aliphatic heterocycles. The average Bonchev–Trinajstić information content (AvgIpc) is 2.73. The number of nitriles is 1. The van der Waals surface area contributed by atoms with Crippen LogP contribution in [0.1, 0.15) is 30.9 Å². The van der Waals surface area contributed by atoms with E-state index in [4.69, 9.17) is 4.74 Å². The second kappa shape index (κ2) is 9.29. The lowest BCUT2D eigenvalue weighted by Crippen LogP contribution is -2.28. The van der Waals surface area contributed by atoms with Crippen LogP contribution in [0.4, 0.5) is 0 Å². The summed E-state index contributed by atoms with van der Waals surface area (Å²) in [6, 6.07) is 22.1. The van der Waals surface area contributed by atoms with E-state index in [-0.39, 0.29) is 5.97 Å². The molecule has 1 N–H and O–H groups in total. The van der Waals surface area contributed by atoms with Gasteiger partial charge in [-0.15, -0.1) is 11.8 Å². The van der Waals surface area contributed by atoms with Gasteiger partial charge in [0.25, 0.3) is 0 Å². The van der Waals surface area contributed by atoms with E-state index in [1.165, 1.54) is 5.56 Å². The van der Waals surface area contributed by atoms with Crippen LogP contribution in [-0.4, -0.2) is 12.6 Å². The number of hydrogen-bond acceptors (Lipinski definition) is 5. The minimum atomic E-state index is -0.440. The Morgan fingerprint density at radius 3 is 2.39 bits per heavy atom. The van der Waals surface area contributed by atoms with Crippen molar-refractivity contribution >= 4 is 17.7 Å². The fourth-order valence-electron chi connectivity index (χ4n) is 3.21. The predicted molar refractivity (Wildman–Crippen MR) is 112 cm³/mol. The first kappa shape index (κ1) is 19.8. The summed E-state index contributed by atoms with van der Waals surface area (Å²) in [5.74, 6) is -0.0938. The Morgan fingerprint density at radius 2 is 1.79 bits per heavy atom. The van der Waals surface area contributed by atoms with Crippen molar-refractivity contribution in [1.29, 1.82) is 5.26 Å². The fourth-order valence-corrected chi connectivity index (χ4v) is 4.26. The monoisotopic (exact) mass is 390 g/mol. The van der Waals surface area contributed by atoms with E-state index >= 15 is 0 Å². The topological polar surface area (TPSA) is 62.1 Å². The minimum Gasteiger partial charge on any atom is -0.463 e. The molecule has 0 saturated heterocycles. The molecule has 2 aromatic carbocycles. The number of dihydropyridines is 1. The van der Waals surface area contributed by atoms with E-state index in [1.54, 1.807) is 18.7 Å². The molecule has 0 amide bonds. The first-order chi connectivity index (χ1) is 13.7. The van der Waals surface area contributed by atoms with Gasteiger partial charge in [0.1, 0.15) is 0 Å². The van der Waals surface area contributed by atoms with Gasteiger partial charge in [0, 0.05) is 11.4 Å². The summed E-state index contributed by atoms with van der Waals surface area (Å²) in [7, 11) is 0. The van der Waals surface area contributed by atoms with Gasteiger partial charge in [0.15, 0.2) is 0 Å². The Bertz CT molecular complexity index is 944. The van der Waals surface area contributed by atoms with Gasteiger partial charge in [-0.1, -0.05) is 60.7 Å². The second-order valence-electron chi connectivity index (χ2n) is 6.36. The van der Waals surface area contributed by atoms with Crippen molar-refractivity contribution in [2.75, 3.05) is 6.61 Å². The van der Waals surface area contributed by atoms with Crippen molar-refractivity contribution in [1.82, 2.24) is 5.32 Å². The van der Waals surface area contributed by atoms with Crippen molar-refractivity contribution in [3.8, 4) is 6.07 Å². The number of thioether (sulfide) groups is 1. The lowest BCUT2D eigenvalue weighted by molar-refractivity contribution is -0.138. The summed E-state index contributed by atoms with van der Waals surface area (Å²) in [6.45, 7) is 3.93. The molecule has 1 heterocycles. The Labute approximate surface area is 169 Å². The predicted octanol–water partition coefficient (Wildman–Crippen LogP) is 4.88. The van der Waals surface area contributed by atoms with E-state index in [0.29, 0.717) is 17.8 Å². The third kappa shape index (κ3) is 4.29. The van der Waals surface area contributed by atoms with Crippen LogP contribution in [0.15, 0.2) is 82.5 Å². The van der Waals surface area contributed by atoms with Gasteiger partial charge in [-0.25, -0.2) is 4.79 Å². The highest BCUT2D eigenvalue weighted by Crippen LogP contribution is 2.41. The number of allylic oxidation sites excluding steroid dienone is 2. The third-order valence-electron chi connectivity index (χ3n) is 4.50. The maximum absolute atomic E-state index is 12.7. The first-order valence-corrected chi connectivity index (χ1v) is 10.1. The van der Waals surface area contributed by atoms with Gasteiger partial charge in [-0.3, -0.25) is 0 Å². The number of nitrogens with one attached hydrogen (secondary N) is 1. The van der Waals surface area contributed by atoms with Crippen LogP contribution >= 0.6 is 11.8 Å². The zero-order valence-electron chi connectivity index (χ0n) is 15.9. The summed E-state index contributed by atoms with van der Waals surface area (Å²) in [6.07, 6.45) is 0. The smallest absolute Gasteiger partial charge is 0.336 e. The number of benzene rings is 2. The molecule has 0 spiro atoms. The molecule has 2 aromatic rings. The maximum atomic E-state index is 12.7. The summed E-state index contributed by atoms with van der Waals surface area (Å²) < 4.78 is 5.29. The molecule has 142 valence electrons. The average molecular weight is 391 g/mol. The number of carbonyl (C=O) groups is 1. The van der Waals surface area contributed by atoms with E-state index in [1.807, 2.05) is 55.5 Å². The highest BCUT2D eigenvalue weighted by atomic mass is 32.2. The number of hydrogen-bond donors (Lipinski definition) is 1. The number of nitrogens with zero attached hydrogens (tertiary/aromatic N) is 1. The lowest BCUT2D eigenvalue weighted by atomic mass is 9.82. The van der Waals surface area contributed by atoms with Crippen molar-refractivity contribution in [3.63, 3.8) is 0 Å². The number of ether oxygens (including phenoxy) is 1. The second-order valence-corrected chi connectivity index (χ2v) is 7.34. The third-order valence-corrected chi connectivity index (χ3v) is 5.59. The van der Waals surface area contributed by atoms with Gasteiger partial charge < -0.3 is 10.1 Å². The van der Waals surface area contributed by atoms with Crippen LogP contribution in [0.3, 0.4) is 0 Å². The Kier molecular flexibility index (Phi) is 6.57. The molecule has 3 rings (SSSR count). The van der Waals surface area contributed by atoms with E-state index in [9.17, 15) is 10.1 Å². The van der Waals surface area contributed by atoms with Gasteiger partial charge >= 0.3 is 5.97 Å². The SMILES string of the molecule is CCOC(=O)C1=C(C)NC(SCc2ccccc2)=C(C#N)[C@H]1c1ccccc1. The number of carbonyl (C=O) groups excluding carboxylic acids is 1. The van der Waals surface area contributed by atoms with Crippen LogP contribution in [0.2, 0.25) is 0 Å². The molecule has 5 heteroatoms. The largest absolute Gasteiger partial charge is 0.463 e. The van der Waals surface area contributed by atoms with Gasteiger partial charge in [0.2, 0.25) is 0 Å². The molecule has 0 aliphatic carbocycles. The van der Waals surface area contributed by atoms with Crippen LogP contribution < -0.4 is 5.32 Å². The summed E-state index contributed by atoms with van der Waals surface area (Å²) in [5, 5.41) is 14.0. The van der Waals surface area contributed by atoms with Crippen molar-refractivity contribution in [3.05, 3.63) is 93.7 Å². The zero-order valence-corrected chi connectivity index (χ0v) is 16.8. The molecule has 0 fully saturated rings. The maximum Gasteiger partial charge on any atom is 0.336 e. The Balaban J connectivity index is 2.01. The summed E-state index contributed by atoms with van der Waals surface area (Å²) in [5.41, 5.74) is 3.84. The minimum absolute atomic E-state index is 0.290. The van der Waals surface area contributed by atoms with Crippen molar-refractivity contribution in [2.24, 2.45) is 0 Å². The summed E-state index contributed by atoms with van der Waals surface area (Å²) in [4.78, 5) is 12.7. The van der Waals surface area contributed by atoms with Gasteiger partial charge in [0.05, 0.1) is 34.8 Å². The van der Waals surface area contributed by atoms with Gasteiger partial charge in [-0.2, -0.15) is 5.26 Å². The molecule has 0 bridgehead atoms. The zero-order chi connectivity index (χ0) is 19.9. The quantitative estimate of drug-likeness (QED) is 0.712. The number of esters is 1. The van der Waals surface area contributed by atoms with E-state index in [0.717, 1.165) is 22.0 Å². The molecule has 1 aliphatic rings. The van der Waals surface area contributed by atoms with E-state index < -0.39 is 5.92 Å². The lowest BCUT2D eigenvalue weighted by Gasteiger charge is -2.29. The Morgan fingerprint density at radius 1 is 1.14 bits per heavy atom. The van der Waals surface area contributed by atoms with Gasteiger partial charge in [-0.05, 0) is 25.0 Å². The molecule has 0 aromatic heterocycles. The summed E-state index contributed by atoms with van der Waals surface area (Å²) >= 11 is 1.57. The Hall–Kier alpha value is -2.97. The molecular formula is C23H22N2O2S. The van der Waals surface area contributed by atoms with E-state index in [2.05, 4.69) is 23.5 Å². The van der Waals surface area contributed by atoms with Crippen LogP contribution in [-0.2, 0) is 15.3 Å². The van der Waals surface area contributed by atoms with Crippen molar-refractivity contribution in [2.45, 2.75) is 25.5 Å². The molecule has 0 saturated carbocycles. The number of rotatable bonds is 6. The highest BCUT2D eigenvalue weighted by molar-refractivity contribution is 8.02. The van der Waals surface area contributed by atoms with Crippen LogP contribution in [0.5, 0.6) is 0 Å². The van der Waals surface area contributed by atoms with Crippen LogP contribution in [0.25, 0.3) is 0 Å². The molecule has 0 radical (unpaired) electrons. The standard InChI is InChI=1S/C23H22N2O2S/c1-3-27-23(26)20-16(2)25-22(28-15-17-10-6-4-7-11-17)19(14-24)21(20)18-12-8-5-9-13-18/h4-13,21,25H,3,15H2,1-2H3/t21-/m1/s1. The first-order valence-electron chi connectivity index (χ1n) is 9.16. The molecule has 4 nitrogen and oxygen atoms in total.